The maximum absolute atomic E-state index is 13.1. The molecule has 2 unspecified atom stereocenters. The van der Waals surface area contributed by atoms with Crippen LogP contribution < -0.4 is 5.32 Å². The van der Waals surface area contributed by atoms with Crippen LogP contribution in [-0.4, -0.2) is 98.7 Å². The first kappa shape index (κ1) is 67.2. The molecule has 1 rings (SSSR count). The standard InChI is InChI=1S/C60H119NO9/c1-3-5-7-9-11-13-15-16-17-18-19-20-21-22-23-24-25-26-27-28-29-30-31-32-33-34-35-36-37-38-39-41-43-45-47-49-55(64)61-52(51-69-60-59(68)58(67)57(66)54(50-62)70-60)56(65)53(63)48-46-44-42-40-14-12-10-8-6-4-2/h52-54,56-60,62-63,65-68H,3-51H2,1-2H3,(H,61,64)/t52-,53+,54+,56-,57-,58?,59?,60+/m0/s1. The summed E-state index contributed by atoms with van der Waals surface area (Å²) in [6.07, 6.45) is 50.3. The summed E-state index contributed by atoms with van der Waals surface area (Å²) in [4.78, 5) is 13.1. The second-order valence-corrected chi connectivity index (χ2v) is 22.0. The summed E-state index contributed by atoms with van der Waals surface area (Å²) in [6, 6.07) is -0.985. The average Bonchev–Trinajstić information content (AvgIpc) is 3.36. The molecular formula is C60H119NO9. The van der Waals surface area contributed by atoms with E-state index in [-0.39, 0.29) is 18.9 Å². The molecule has 1 saturated heterocycles. The third-order valence-electron chi connectivity index (χ3n) is 15.3. The van der Waals surface area contributed by atoms with Gasteiger partial charge in [0.2, 0.25) is 5.91 Å². The number of ether oxygens (including phenoxy) is 2. The molecule has 1 fully saturated rings. The number of carbonyl (C=O) groups excluding carboxylic acids is 1. The summed E-state index contributed by atoms with van der Waals surface area (Å²) in [5.41, 5.74) is 0. The highest BCUT2D eigenvalue weighted by molar-refractivity contribution is 5.76. The van der Waals surface area contributed by atoms with Crippen molar-refractivity contribution in [3.8, 4) is 0 Å². The van der Waals surface area contributed by atoms with E-state index in [1.54, 1.807) is 0 Å². The van der Waals surface area contributed by atoms with Crippen LogP contribution in [0.2, 0.25) is 0 Å². The van der Waals surface area contributed by atoms with Crippen LogP contribution in [0, 0.1) is 0 Å². The Hall–Kier alpha value is -0.850. The summed E-state index contributed by atoms with van der Waals surface area (Å²) >= 11 is 0. The van der Waals surface area contributed by atoms with Gasteiger partial charge in [-0.2, -0.15) is 0 Å². The third kappa shape index (κ3) is 38.7. The maximum atomic E-state index is 13.1. The van der Waals surface area contributed by atoms with Gasteiger partial charge < -0.3 is 45.4 Å². The zero-order valence-electron chi connectivity index (χ0n) is 46.2. The molecule has 0 radical (unpaired) electrons. The molecule has 1 amide bonds. The maximum Gasteiger partial charge on any atom is 0.220 e. The van der Waals surface area contributed by atoms with Crippen molar-refractivity contribution in [2.24, 2.45) is 0 Å². The average molecular weight is 999 g/mol. The van der Waals surface area contributed by atoms with Gasteiger partial charge in [-0.3, -0.25) is 4.79 Å². The number of aliphatic hydroxyl groups is 6. The summed E-state index contributed by atoms with van der Waals surface area (Å²) < 4.78 is 11.2. The lowest BCUT2D eigenvalue weighted by Crippen LogP contribution is -2.60. The van der Waals surface area contributed by atoms with Crippen LogP contribution in [0.3, 0.4) is 0 Å². The molecular weight excluding hydrogens is 879 g/mol. The molecule has 0 aromatic heterocycles. The number of nitrogens with one attached hydrogen (secondary N) is 1. The van der Waals surface area contributed by atoms with Crippen LogP contribution in [-0.2, 0) is 14.3 Å². The number of rotatable bonds is 54. The molecule has 1 aliphatic rings. The molecule has 1 aliphatic heterocycles. The fourth-order valence-electron chi connectivity index (χ4n) is 10.4. The van der Waals surface area contributed by atoms with Crippen molar-refractivity contribution in [2.45, 2.75) is 365 Å². The molecule has 0 aromatic rings. The van der Waals surface area contributed by atoms with Gasteiger partial charge in [0, 0.05) is 6.42 Å². The highest BCUT2D eigenvalue weighted by Gasteiger charge is 2.44. The molecule has 0 bridgehead atoms. The summed E-state index contributed by atoms with van der Waals surface area (Å²) in [5.74, 6) is -0.251. The molecule has 70 heavy (non-hydrogen) atoms. The number of aliphatic hydroxyl groups excluding tert-OH is 6. The van der Waals surface area contributed by atoms with E-state index in [2.05, 4.69) is 19.2 Å². The Labute approximate surface area is 432 Å². The zero-order valence-corrected chi connectivity index (χ0v) is 46.2. The first-order valence-corrected chi connectivity index (χ1v) is 30.8. The lowest BCUT2D eigenvalue weighted by Gasteiger charge is -2.40. The molecule has 418 valence electrons. The first-order chi connectivity index (χ1) is 34.3. The lowest BCUT2D eigenvalue weighted by molar-refractivity contribution is -0.303. The van der Waals surface area contributed by atoms with Crippen molar-refractivity contribution in [3.63, 3.8) is 0 Å². The van der Waals surface area contributed by atoms with Crippen molar-refractivity contribution in [1.29, 1.82) is 0 Å². The second-order valence-electron chi connectivity index (χ2n) is 22.0. The van der Waals surface area contributed by atoms with Gasteiger partial charge in [-0.05, 0) is 12.8 Å². The number of unbranched alkanes of at least 4 members (excludes halogenated alkanes) is 43. The molecule has 10 nitrogen and oxygen atoms in total. The van der Waals surface area contributed by atoms with Gasteiger partial charge in [0.15, 0.2) is 6.29 Å². The molecule has 0 aliphatic carbocycles. The Morgan fingerprint density at radius 2 is 0.743 bits per heavy atom. The molecule has 0 saturated carbocycles. The molecule has 7 N–H and O–H groups in total. The quantitative estimate of drug-likeness (QED) is 0.0293. The van der Waals surface area contributed by atoms with Gasteiger partial charge in [0.1, 0.15) is 30.5 Å². The van der Waals surface area contributed by atoms with Gasteiger partial charge in [0.05, 0.1) is 25.4 Å². The summed E-state index contributed by atoms with van der Waals surface area (Å²) in [7, 11) is 0. The molecule has 1 heterocycles. The van der Waals surface area contributed by atoms with Crippen molar-refractivity contribution in [3.05, 3.63) is 0 Å². The minimum atomic E-state index is -1.60. The van der Waals surface area contributed by atoms with E-state index in [9.17, 15) is 35.4 Å². The monoisotopic (exact) mass is 998 g/mol. The molecule has 0 aromatic carbocycles. The van der Waals surface area contributed by atoms with Crippen molar-refractivity contribution in [1.82, 2.24) is 5.32 Å². The van der Waals surface area contributed by atoms with Gasteiger partial charge >= 0.3 is 0 Å². The van der Waals surface area contributed by atoms with Crippen molar-refractivity contribution in [2.75, 3.05) is 13.2 Å². The van der Waals surface area contributed by atoms with E-state index in [1.807, 2.05) is 0 Å². The zero-order chi connectivity index (χ0) is 51.0. The first-order valence-electron chi connectivity index (χ1n) is 30.8. The van der Waals surface area contributed by atoms with E-state index >= 15 is 0 Å². The Balaban J connectivity index is 2.05. The van der Waals surface area contributed by atoms with Crippen LogP contribution in [0.1, 0.15) is 316 Å². The smallest absolute Gasteiger partial charge is 0.220 e. The molecule has 8 atom stereocenters. The summed E-state index contributed by atoms with van der Waals surface area (Å²) in [5, 5.41) is 65.3. The minimum Gasteiger partial charge on any atom is -0.394 e. The highest BCUT2D eigenvalue weighted by atomic mass is 16.7. The fraction of sp³-hybridized carbons (Fsp3) is 0.983. The van der Waals surface area contributed by atoms with E-state index in [1.165, 1.54) is 244 Å². The van der Waals surface area contributed by atoms with Gasteiger partial charge in [-0.15, -0.1) is 0 Å². The van der Waals surface area contributed by atoms with Crippen molar-refractivity contribution < 1.29 is 44.9 Å². The van der Waals surface area contributed by atoms with E-state index < -0.39 is 55.6 Å². The largest absolute Gasteiger partial charge is 0.394 e. The van der Waals surface area contributed by atoms with Gasteiger partial charge in [0.25, 0.3) is 0 Å². The number of carbonyl (C=O) groups is 1. The number of amides is 1. The molecule has 0 spiro atoms. The van der Waals surface area contributed by atoms with E-state index in [0.29, 0.717) is 6.42 Å². The number of hydrogen-bond donors (Lipinski definition) is 7. The third-order valence-corrected chi connectivity index (χ3v) is 15.3. The number of hydrogen-bond acceptors (Lipinski definition) is 9. The van der Waals surface area contributed by atoms with Crippen LogP contribution in [0.25, 0.3) is 0 Å². The Morgan fingerprint density at radius 3 is 1.06 bits per heavy atom. The van der Waals surface area contributed by atoms with E-state index in [4.69, 9.17) is 9.47 Å². The van der Waals surface area contributed by atoms with Crippen LogP contribution in [0.5, 0.6) is 0 Å². The van der Waals surface area contributed by atoms with Crippen LogP contribution in [0.15, 0.2) is 0 Å². The lowest BCUT2D eigenvalue weighted by atomic mass is 9.98. The fourth-order valence-corrected chi connectivity index (χ4v) is 10.4. The van der Waals surface area contributed by atoms with Crippen molar-refractivity contribution >= 4 is 5.91 Å². The highest BCUT2D eigenvalue weighted by Crippen LogP contribution is 2.24. The molecule has 10 heteroatoms. The SMILES string of the molecule is CCCCCCCCCCCCCCCCCCCCCCCCCCCCCCCCCCCCCC(=O)N[C@@H](CO[C@@H]1O[C@H](CO)[C@H](O)C(O)C1O)[C@H](O)[C@H](O)CCCCCCCCCCCC. The van der Waals surface area contributed by atoms with Crippen LogP contribution >= 0.6 is 0 Å². The Bertz CT molecular complexity index is 1080. The van der Waals surface area contributed by atoms with Crippen LogP contribution in [0.4, 0.5) is 0 Å². The predicted molar refractivity (Wildman–Crippen MR) is 292 cm³/mol. The normalized spacial score (nSPS) is 19.7. The van der Waals surface area contributed by atoms with E-state index in [0.717, 1.165) is 44.9 Å². The second kappa shape index (κ2) is 50.3. The minimum absolute atomic E-state index is 0.251. The van der Waals surface area contributed by atoms with Gasteiger partial charge in [-0.25, -0.2) is 0 Å². The predicted octanol–water partition coefficient (Wildman–Crippen LogP) is 14.4. The topological polar surface area (TPSA) is 169 Å². The summed E-state index contributed by atoms with van der Waals surface area (Å²) in [6.45, 7) is 3.63. The Kier molecular flexibility index (Phi) is 48.3. The Morgan fingerprint density at radius 1 is 0.443 bits per heavy atom. The van der Waals surface area contributed by atoms with Gasteiger partial charge in [-0.1, -0.05) is 296 Å².